The molecule has 0 bridgehead atoms. The molecule has 0 saturated carbocycles. The summed E-state index contributed by atoms with van der Waals surface area (Å²) < 4.78 is 0. The number of carboxylic acids is 1. The van der Waals surface area contributed by atoms with Gasteiger partial charge in [0.15, 0.2) is 0 Å². The van der Waals surface area contributed by atoms with Crippen LogP contribution >= 0.6 is 11.3 Å². The lowest BCUT2D eigenvalue weighted by Crippen LogP contribution is -2.19. The fourth-order valence-electron chi connectivity index (χ4n) is 1.69. The van der Waals surface area contributed by atoms with E-state index >= 15 is 0 Å². The molecule has 0 saturated heterocycles. The second kappa shape index (κ2) is 5.91. The minimum Gasteiger partial charge on any atom is -0.481 e. The number of hydrogen-bond acceptors (Lipinski definition) is 2. The molecule has 0 spiro atoms. The van der Waals surface area contributed by atoms with Crippen molar-refractivity contribution in [2.24, 2.45) is 11.8 Å². The first kappa shape index (κ1) is 12.2. The SMILES string of the molecule is CC(C)C(CCCc1cccs1)C(=O)O. The third-order valence-electron chi connectivity index (χ3n) is 2.64. The molecule has 0 aliphatic rings. The summed E-state index contributed by atoms with van der Waals surface area (Å²) >= 11 is 1.74. The summed E-state index contributed by atoms with van der Waals surface area (Å²) in [5.74, 6) is -0.619. The first-order valence-corrected chi connectivity index (χ1v) is 6.24. The molecule has 0 aliphatic heterocycles. The number of aliphatic carboxylic acids is 1. The molecule has 1 heterocycles. The third-order valence-corrected chi connectivity index (χ3v) is 3.58. The average molecular weight is 226 g/mol. The molecule has 1 unspecified atom stereocenters. The normalized spacial score (nSPS) is 13.0. The summed E-state index contributed by atoms with van der Waals surface area (Å²) in [6.45, 7) is 3.95. The quantitative estimate of drug-likeness (QED) is 0.807. The van der Waals surface area contributed by atoms with E-state index < -0.39 is 5.97 Å². The van der Waals surface area contributed by atoms with Gasteiger partial charge in [-0.3, -0.25) is 4.79 Å². The number of thiophene rings is 1. The van der Waals surface area contributed by atoms with Gasteiger partial charge >= 0.3 is 5.97 Å². The Morgan fingerprint density at radius 1 is 1.53 bits per heavy atom. The highest BCUT2D eigenvalue weighted by Crippen LogP contribution is 2.20. The largest absolute Gasteiger partial charge is 0.481 e. The molecule has 0 aromatic carbocycles. The number of hydrogen-bond donors (Lipinski definition) is 1. The van der Waals surface area contributed by atoms with Crippen LogP contribution in [0.5, 0.6) is 0 Å². The van der Waals surface area contributed by atoms with Crippen LogP contribution in [0, 0.1) is 11.8 Å². The van der Waals surface area contributed by atoms with Crippen LogP contribution in [0.15, 0.2) is 17.5 Å². The molecular weight excluding hydrogens is 208 g/mol. The summed E-state index contributed by atoms with van der Waals surface area (Å²) in [4.78, 5) is 12.3. The second-order valence-electron chi connectivity index (χ2n) is 4.16. The van der Waals surface area contributed by atoms with Crippen molar-refractivity contribution >= 4 is 17.3 Å². The fraction of sp³-hybridized carbons (Fsp3) is 0.583. The Kier molecular flexibility index (Phi) is 4.82. The molecule has 3 heteroatoms. The van der Waals surface area contributed by atoms with Gasteiger partial charge in [-0.05, 0) is 36.6 Å². The smallest absolute Gasteiger partial charge is 0.306 e. The van der Waals surface area contributed by atoms with Crippen molar-refractivity contribution in [3.63, 3.8) is 0 Å². The van der Waals surface area contributed by atoms with Crippen molar-refractivity contribution in [3.8, 4) is 0 Å². The predicted octanol–water partition coefficient (Wildman–Crippen LogP) is 3.43. The van der Waals surface area contributed by atoms with E-state index in [9.17, 15) is 4.79 Å². The van der Waals surface area contributed by atoms with E-state index in [2.05, 4.69) is 11.4 Å². The van der Waals surface area contributed by atoms with Gasteiger partial charge < -0.3 is 5.11 Å². The molecule has 1 rings (SSSR count). The molecule has 1 N–H and O–H groups in total. The van der Waals surface area contributed by atoms with Gasteiger partial charge in [0.25, 0.3) is 0 Å². The summed E-state index contributed by atoms with van der Waals surface area (Å²) in [6, 6.07) is 4.15. The van der Waals surface area contributed by atoms with E-state index in [0.717, 1.165) is 19.3 Å². The van der Waals surface area contributed by atoms with Gasteiger partial charge in [-0.25, -0.2) is 0 Å². The fourth-order valence-corrected chi connectivity index (χ4v) is 2.44. The molecule has 1 atom stereocenters. The van der Waals surface area contributed by atoms with E-state index in [4.69, 9.17) is 5.11 Å². The first-order chi connectivity index (χ1) is 7.11. The molecule has 0 amide bonds. The van der Waals surface area contributed by atoms with Crippen LogP contribution in [-0.2, 0) is 11.2 Å². The zero-order chi connectivity index (χ0) is 11.3. The van der Waals surface area contributed by atoms with Crippen molar-refractivity contribution in [2.45, 2.75) is 33.1 Å². The molecular formula is C12H18O2S. The van der Waals surface area contributed by atoms with E-state index in [1.165, 1.54) is 4.88 Å². The second-order valence-corrected chi connectivity index (χ2v) is 5.19. The van der Waals surface area contributed by atoms with E-state index in [1.54, 1.807) is 11.3 Å². The minimum absolute atomic E-state index is 0.190. The Bertz CT molecular complexity index is 291. The monoisotopic (exact) mass is 226 g/mol. The predicted molar refractivity (Wildman–Crippen MR) is 63.2 cm³/mol. The van der Waals surface area contributed by atoms with Crippen molar-refractivity contribution in [3.05, 3.63) is 22.4 Å². The minimum atomic E-state index is -0.656. The summed E-state index contributed by atoms with van der Waals surface area (Å²) in [5, 5.41) is 11.1. The van der Waals surface area contributed by atoms with Crippen LogP contribution in [0.25, 0.3) is 0 Å². The van der Waals surface area contributed by atoms with Crippen LogP contribution in [-0.4, -0.2) is 11.1 Å². The summed E-state index contributed by atoms with van der Waals surface area (Å²) in [5.41, 5.74) is 0. The van der Waals surface area contributed by atoms with E-state index in [1.807, 2.05) is 19.9 Å². The molecule has 1 aromatic rings. The highest BCUT2D eigenvalue weighted by Gasteiger charge is 2.20. The van der Waals surface area contributed by atoms with Crippen LogP contribution in [0.1, 0.15) is 31.6 Å². The van der Waals surface area contributed by atoms with Crippen molar-refractivity contribution in [1.29, 1.82) is 0 Å². The van der Waals surface area contributed by atoms with Gasteiger partial charge in [0.05, 0.1) is 5.92 Å². The number of carboxylic acid groups (broad SMARTS) is 1. The van der Waals surface area contributed by atoms with Crippen LogP contribution in [0.4, 0.5) is 0 Å². The van der Waals surface area contributed by atoms with Crippen molar-refractivity contribution in [1.82, 2.24) is 0 Å². The molecule has 2 nitrogen and oxygen atoms in total. The maximum Gasteiger partial charge on any atom is 0.306 e. The zero-order valence-electron chi connectivity index (χ0n) is 9.27. The molecule has 0 radical (unpaired) electrons. The van der Waals surface area contributed by atoms with Gasteiger partial charge in [-0.1, -0.05) is 19.9 Å². The van der Waals surface area contributed by atoms with Crippen LogP contribution in [0.3, 0.4) is 0 Å². The van der Waals surface area contributed by atoms with E-state index in [0.29, 0.717) is 0 Å². The summed E-state index contributed by atoms with van der Waals surface area (Å²) in [6.07, 6.45) is 2.76. The summed E-state index contributed by atoms with van der Waals surface area (Å²) in [7, 11) is 0. The molecule has 84 valence electrons. The first-order valence-electron chi connectivity index (χ1n) is 5.36. The molecule has 0 aliphatic carbocycles. The lowest BCUT2D eigenvalue weighted by Gasteiger charge is -2.15. The Hall–Kier alpha value is -0.830. The van der Waals surface area contributed by atoms with Crippen LogP contribution < -0.4 is 0 Å². The van der Waals surface area contributed by atoms with E-state index in [-0.39, 0.29) is 11.8 Å². The van der Waals surface area contributed by atoms with Gasteiger partial charge in [-0.15, -0.1) is 11.3 Å². The maximum absolute atomic E-state index is 10.9. The van der Waals surface area contributed by atoms with Gasteiger partial charge in [0.1, 0.15) is 0 Å². The van der Waals surface area contributed by atoms with Crippen molar-refractivity contribution in [2.75, 3.05) is 0 Å². The Balaban J connectivity index is 2.31. The lowest BCUT2D eigenvalue weighted by molar-refractivity contribution is -0.143. The number of rotatable bonds is 6. The van der Waals surface area contributed by atoms with Gasteiger partial charge in [-0.2, -0.15) is 0 Å². The Morgan fingerprint density at radius 3 is 2.73 bits per heavy atom. The highest BCUT2D eigenvalue weighted by atomic mass is 32.1. The number of aryl methyl sites for hydroxylation is 1. The highest BCUT2D eigenvalue weighted by molar-refractivity contribution is 7.09. The molecule has 0 fully saturated rings. The van der Waals surface area contributed by atoms with Gasteiger partial charge in [0, 0.05) is 4.88 Å². The number of carbonyl (C=O) groups is 1. The van der Waals surface area contributed by atoms with Crippen molar-refractivity contribution < 1.29 is 9.90 Å². The maximum atomic E-state index is 10.9. The average Bonchev–Trinajstić information content (AvgIpc) is 2.63. The Labute approximate surface area is 94.9 Å². The topological polar surface area (TPSA) is 37.3 Å². The Morgan fingerprint density at radius 2 is 2.27 bits per heavy atom. The molecule has 15 heavy (non-hydrogen) atoms. The lowest BCUT2D eigenvalue weighted by atomic mass is 9.91. The standard InChI is InChI=1S/C12H18O2S/c1-9(2)11(12(13)14)7-3-5-10-6-4-8-15-10/h4,6,8-9,11H,3,5,7H2,1-2H3,(H,13,14). The van der Waals surface area contributed by atoms with Gasteiger partial charge in [0.2, 0.25) is 0 Å². The zero-order valence-corrected chi connectivity index (χ0v) is 10.1. The van der Waals surface area contributed by atoms with Crippen LogP contribution in [0.2, 0.25) is 0 Å². The third kappa shape index (κ3) is 4.04. The molecule has 1 aromatic heterocycles.